The molecule has 0 N–H and O–H groups in total. The summed E-state index contributed by atoms with van der Waals surface area (Å²) in [4.78, 5) is 25.2. The molecule has 5 heteroatoms. The molecule has 0 amide bonds. The van der Waals surface area contributed by atoms with E-state index in [4.69, 9.17) is 16.3 Å². The van der Waals surface area contributed by atoms with Gasteiger partial charge in [0.25, 0.3) is 0 Å². The Morgan fingerprint density at radius 3 is 2.15 bits per heavy atom. The fraction of sp³-hybridized carbons (Fsp3) is 0.310. The van der Waals surface area contributed by atoms with Gasteiger partial charge in [-0.3, -0.25) is 9.59 Å². The number of Topliss-reactive ketones (excluding diaryl/α,β-unsaturated/α-hetero) is 1. The number of benzene rings is 3. The van der Waals surface area contributed by atoms with E-state index in [9.17, 15) is 14.0 Å². The van der Waals surface area contributed by atoms with E-state index in [2.05, 4.69) is 0 Å². The molecule has 0 heterocycles. The number of hydrogen-bond donors (Lipinski definition) is 0. The molecule has 0 radical (unpaired) electrons. The van der Waals surface area contributed by atoms with Crippen molar-refractivity contribution in [1.82, 2.24) is 0 Å². The smallest absolute Gasteiger partial charge is 0.302 e. The molecule has 3 unspecified atom stereocenters. The molecule has 0 aliphatic heterocycles. The van der Waals surface area contributed by atoms with Crippen LogP contribution < -0.4 is 0 Å². The Hall–Kier alpha value is -2.98. The maximum Gasteiger partial charge on any atom is 0.302 e. The van der Waals surface area contributed by atoms with Crippen molar-refractivity contribution in [2.75, 3.05) is 6.61 Å². The summed E-state index contributed by atoms with van der Waals surface area (Å²) in [6.45, 7) is 3.53. The Morgan fingerprint density at radius 1 is 0.912 bits per heavy atom. The summed E-state index contributed by atoms with van der Waals surface area (Å²) in [5.74, 6) is -1.15. The molecule has 3 aromatic carbocycles. The van der Waals surface area contributed by atoms with Gasteiger partial charge >= 0.3 is 5.97 Å². The fourth-order valence-electron chi connectivity index (χ4n) is 4.43. The maximum absolute atomic E-state index is 13.7. The van der Waals surface area contributed by atoms with Gasteiger partial charge in [-0.05, 0) is 59.7 Å². The molecule has 3 aromatic rings. The molecule has 0 saturated heterocycles. The van der Waals surface area contributed by atoms with Crippen LogP contribution in [0.2, 0.25) is 5.02 Å². The summed E-state index contributed by atoms with van der Waals surface area (Å²) in [6, 6.07) is 23.7. The van der Waals surface area contributed by atoms with Gasteiger partial charge in [0.15, 0.2) is 0 Å². The fourth-order valence-corrected chi connectivity index (χ4v) is 4.56. The zero-order valence-corrected chi connectivity index (χ0v) is 20.3. The van der Waals surface area contributed by atoms with E-state index < -0.39 is 0 Å². The van der Waals surface area contributed by atoms with Gasteiger partial charge in [-0.2, -0.15) is 0 Å². The molecule has 0 aliphatic carbocycles. The molecule has 0 fully saturated rings. The van der Waals surface area contributed by atoms with Gasteiger partial charge < -0.3 is 4.74 Å². The van der Waals surface area contributed by atoms with Crippen LogP contribution in [0.15, 0.2) is 78.9 Å². The van der Waals surface area contributed by atoms with Gasteiger partial charge in [0.05, 0.1) is 6.61 Å². The minimum absolute atomic E-state index is 0.0885. The lowest BCUT2D eigenvalue weighted by atomic mass is 9.77. The molecule has 0 aromatic heterocycles. The van der Waals surface area contributed by atoms with E-state index in [1.54, 1.807) is 12.1 Å². The average Bonchev–Trinajstić information content (AvgIpc) is 2.83. The van der Waals surface area contributed by atoms with Gasteiger partial charge in [-0.1, -0.05) is 73.1 Å². The zero-order valence-electron chi connectivity index (χ0n) is 19.5. The Kier molecular flexibility index (Phi) is 9.41. The molecule has 3 nitrogen and oxygen atoms in total. The molecular formula is C29H30ClFO3. The second-order valence-electron chi connectivity index (χ2n) is 8.58. The third-order valence-electron chi connectivity index (χ3n) is 6.22. The first-order valence-corrected chi connectivity index (χ1v) is 12.0. The maximum atomic E-state index is 13.7. The summed E-state index contributed by atoms with van der Waals surface area (Å²) >= 11 is 6.09. The number of rotatable bonds is 11. The minimum atomic E-state index is -0.362. The zero-order chi connectivity index (χ0) is 24.5. The second kappa shape index (κ2) is 12.5. The number of halogens is 2. The minimum Gasteiger partial charge on any atom is -0.465 e. The number of ether oxygens (including phenoxy) is 1. The van der Waals surface area contributed by atoms with Crippen LogP contribution in [-0.2, 0) is 20.7 Å². The van der Waals surface area contributed by atoms with Gasteiger partial charge in [0.1, 0.15) is 11.6 Å². The van der Waals surface area contributed by atoms with Gasteiger partial charge in [0.2, 0.25) is 0 Å². The van der Waals surface area contributed by atoms with Crippen molar-refractivity contribution in [3.8, 4) is 0 Å². The molecule has 178 valence electrons. The van der Waals surface area contributed by atoms with E-state index in [1.165, 1.54) is 19.1 Å². The number of carbonyl (C=O) groups is 2. The Labute approximate surface area is 205 Å². The number of ketones is 1. The molecule has 0 spiro atoms. The molecule has 3 atom stereocenters. The van der Waals surface area contributed by atoms with Crippen LogP contribution in [0.5, 0.6) is 0 Å². The third-order valence-corrected chi connectivity index (χ3v) is 6.47. The number of carbonyl (C=O) groups excluding carboxylic acids is 2. The third kappa shape index (κ3) is 7.26. The largest absolute Gasteiger partial charge is 0.465 e. The second-order valence-corrected chi connectivity index (χ2v) is 9.02. The van der Waals surface area contributed by atoms with E-state index in [0.29, 0.717) is 24.3 Å². The van der Waals surface area contributed by atoms with Crippen LogP contribution in [0.1, 0.15) is 55.2 Å². The van der Waals surface area contributed by atoms with Crippen LogP contribution in [0.4, 0.5) is 4.39 Å². The monoisotopic (exact) mass is 480 g/mol. The van der Waals surface area contributed by atoms with Gasteiger partial charge in [0, 0.05) is 30.2 Å². The predicted molar refractivity (Wildman–Crippen MR) is 134 cm³/mol. The molecular weight excluding hydrogens is 451 g/mol. The van der Waals surface area contributed by atoms with Crippen LogP contribution in [0, 0.1) is 11.7 Å². The van der Waals surface area contributed by atoms with Crippen molar-refractivity contribution in [2.24, 2.45) is 5.92 Å². The Bertz CT molecular complexity index is 1060. The highest BCUT2D eigenvalue weighted by molar-refractivity contribution is 6.30. The summed E-state index contributed by atoms with van der Waals surface area (Å²) < 4.78 is 18.8. The number of esters is 1. The first-order chi connectivity index (χ1) is 16.4. The van der Waals surface area contributed by atoms with Crippen LogP contribution in [-0.4, -0.2) is 18.4 Å². The lowest BCUT2D eigenvalue weighted by Crippen LogP contribution is -2.27. The summed E-state index contributed by atoms with van der Waals surface area (Å²) in [7, 11) is 0. The SMILES string of the molecule is CCC(C(=O)CC(Cc1ccc(F)cc1)c1ccc(Cl)cc1)C(COC(C)=O)c1ccccc1. The molecule has 0 aliphatic rings. The molecule has 0 bridgehead atoms. The first-order valence-electron chi connectivity index (χ1n) is 11.6. The molecule has 0 saturated carbocycles. The number of hydrogen-bond acceptors (Lipinski definition) is 3. The van der Waals surface area contributed by atoms with Crippen molar-refractivity contribution in [2.45, 2.75) is 44.9 Å². The van der Waals surface area contributed by atoms with Gasteiger partial charge in [-0.15, -0.1) is 0 Å². The van der Waals surface area contributed by atoms with Crippen LogP contribution in [0.25, 0.3) is 0 Å². The van der Waals surface area contributed by atoms with Crippen molar-refractivity contribution >= 4 is 23.4 Å². The quantitative estimate of drug-likeness (QED) is 0.274. The Balaban J connectivity index is 1.87. The van der Waals surface area contributed by atoms with Crippen molar-refractivity contribution < 1.29 is 18.7 Å². The standard InChI is InChI=1S/C29H30ClFO3/c1-3-27(28(19-34-20(2)32)23-7-5-4-6-8-23)29(33)18-24(22-11-13-25(30)14-12-22)17-21-9-15-26(31)16-10-21/h4-16,24,27-28H,3,17-19H2,1-2H3. The summed E-state index contributed by atoms with van der Waals surface area (Å²) in [6.07, 6.45) is 1.55. The summed E-state index contributed by atoms with van der Waals surface area (Å²) in [5.41, 5.74) is 2.94. The average molecular weight is 481 g/mol. The molecule has 34 heavy (non-hydrogen) atoms. The highest BCUT2D eigenvalue weighted by atomic mass is 35.5. The van der Waals surface area contributed by atoms with E-state index in [1.807, 2.05) is 61.5 Å². The van der Waals surface area contributed by atoms with E-state index in [-0.39, 0.29) is 41.9 Å². The van der Waals surface area contributed by atoms with Crippen LogP contribution >= 0.6 is 11.6 Å². The highest BCUT2D eigenvalue weighted by Crippen LogP contribution is 2.34. The highest BCUT2D eigenvalue weighted by Gasteiger charge is 2.31. The lowest BCUT2D eigenvalue weighted by Gasteiger charge is -2.27. The molecule has 3 rings (SSSR count). The first kappa shape index (κ1) is 25.6. The summed E-state index contributed by atoms with van der Waals surface area (Å²) in [5, 5.41) is 0.632. The van der Waals surface area contributed by atoms with Crippen molar-refractivity contribution in [3.63, 3.8) is 0 Å². The Morgan fingerprint density at radius 2 is 1.56 bits per heavy atom. The topological polar surface area (TPSA) is 43.4 Å². The van der Waals surface area contributed by atoms with E-state index >= 15 is 0 Å². The lowest BCUT2D eigenvalue weighted by molar-refractivity contribution is -0.143. The van der Waals surface area contributed by atoms with E-state index in [0.717, 1.165) is 16.7 Å². The normalized spacial score (nSPS) is 13.6. The van der Waals surface area contributed by atoms with Crippen molar-refractivity contribution in [1.29, 1.82) is 0 Å². The van der Waals surface area contributed by atoms with Gasteiger partial charge in [-0.25, -0.2) is 4.39 Å². The van der Waals surface area contributed by atoms with Crippen molar-refractivity contribution in [3.05, 3.63) is 106 Å². The predicted octanol–water partition coefficient (Wildman–Crippen LogP) is 7.14. The van der Waals surface area contributed by atoms with Crippen LogP contribution in [0.3, 0.4) is 0 Å².